The van der Waals surface area contributed by atoms with E-state index >= 15 is 0 Å². The molecule has 0 atom stereocenters. The van der Waals surface area contributed by atoms with E-state index in [9.17, 15) is 4.39 Å². The molecule has 1 aromatic carbocycles. The molecule has 1 aromatic heterocycles. The standard InChI is InChI=1S/C10H9FS/c1-6-9-4-3-8(11)5-10(9)7(2)12-6/h3-5H,1-2H3. The number of hydrogen-bond donors (Lipinski definition) is 0. The number of thiophene rings is 1. The summed E-state index contributed by atoms with van der Waals surface area (Å²) >= 11 is 1.72. The first-order valence-corrected chi connectivity index (χ1v) is 4.65. The summed E-state index contributed by atoms with van der Waals surface area (Å²) in [5.41, 5.74) is 0. The summed E-state index contributed by atoms with van der Waals surface area (Å²) in [4.78, 5) is 2.46. The average molecular weight is 180 g/mol. The van der Waals surface area contributed by atoms with Crippen LogP contribution in [0.3, 0.4) is 0 Å². The Morgan fingerprint density at radius 2 is 1.75 bits per heavy atom. The van der Waals surface area contributed by atoms with Crippen LogP contribution >= 0.6 is 11.3 Å². The summed E-state index contributed by atoms with van der Waals surface area (Å²) in [5.74, 6) is -0.150. The molecule has 0 radical (unpaired) electrons. The summed E-state index contributed by atoms with van der Waals surface area (Å²) in [5, 5.41) is 2.23. The van der Waals surface area contributed by atoms with Crippen molar-refractivity contribution >= 4 is 22.1 Å². The van der Waals surface area contributed by atoms with Gasteiger partial charge in [0.2, 0.25) is 0 Å². The minimum atomic E-state index is -0.150. The fraction of sp³-hybridized carbons (Fsp3) is 0.200. The zero-order valence-electron chi connectivity index (χ0n) is 7.02. The van der Waals surface area contributed by atoms with Crippen molar-refractivity contribution in [3.05, 3.63) is 33.8 Å². The zero-order chi connectivity index (χ0) is 8.72. The van der Waals surface area contributed by atoms with Crippen LogP contribution in [0.2, 0.25) is 0 Å². The molecule has 62 valence electrons. The maximum absolute atomic E-state index is 12.8. The van der Waals surface area contributed by atoms with Gasteiger partial charge in [0.1, 0.15) is 5.82 Å². The number of rotatable bonds is 0. The van der Waals surface area contributed by atoms with E-state index in [1.807, 2.05) is 13.0 Å². The zero-order valence-corrected chi connectivity index (χ0v) is 7.83. The van der Waals surface area contributed by atoms with E-state index in [0.29, 0.717) is 0 Å². The maximum atomic E-state index is 12.8. The third kappa shape index (κ3) is 1.03. The van der Waals surface area contributed by atoms with Gasteiger partial charge in [-0.15, -0.1) is 11.3 Å². The Morgan fingerprint density at radius 3 is 2.50 bits per heavy atom. The van der Waals surface area contributed by atoms with Crippen molar-refractivity contribution in [2.45, 2.75) is 13.8 Å². The third-order valence-electron chi connectivity index (χ3n) is 2.05. The second kappa shape index (κ2) is 2.56. The molecule has 0 fully saturated rings. The minimum Gasteiger partial charge on any atom is -0.207 e. The Morgan fingerprint density at radius 1 is 1.08 bits per heavy atom. The van der Waals surface area contributed by atoms with Crippen LogP contribution in [0.1, 0.15) is 9.75 Å². The molecule has 0 aliphatic carbocycles. The van der Waals surface area contributed by atoms with E-state index in [-0.39, 0.29) is 5.82 Å². The predicted molar refractivity (Wildman–Crippen MR) is 51.3 cm³/mol. The molecule has 0 saturated carbocycles. The smallest absolute Gasteiger partial charge is 0.123 e. The largest absolute Gasteiger partial charge is 0.207 e. The first-order valence-electron chi connectivity index (χ1n) is 3.84. The second-order valence-electron chi connectivity index (χ2n) is 2.90. The van der Waals surface area contributed by atoms with Gasteiger partial charge in [0.15, 0.2) is 0 Å². The fourth-order valence-electron chi connectivity index (χ4n) is 1.45. The summed E-state index contributed by atoms with van der Waals surface area (Å²) in [6.07, 6.45) is 0. The van der Waals surface area contributed by atoms with E-state index in [1.54, 1.807) is 17.4 Å². The van der Waals surface area contributed by atoms with E-state index in [4.69, 9.17) is 0 Å². The van der Waals surface area contributed by atoms with Gasteiger partial charge >= 0.3 is 0 Å². The number of fused-ring (bicyclic) bond motifs is 1. The van der Waals surface area contributed by atoms with Crippen molar-refractivity contribution < 1.29 is 4.39 Å². The van der Waals surface area contributed by atoms with E-state index in [0.717, 1.165) is 5.39 Å². The lowest BCUT2D eigenvalue weighted by atomic mass is 10.1. The van der Waals surface area contributed by atoms with Crippen molar-refractivity contribution in [3.63, 3.8) is 0 Å². The first kappa shape index (κ1) is 7.74. The van der Waals surface area contributed by atoms with Crippen molar-refractivity contribution in [3.8, 4) is 0 Å². The van der Waals surface area contributed by atoms with Crippen LogP contribution in [0.15, 0.2) is 18.2 Å². The molecule has 0 unspecified atom stereocenters. The van der Waals surface area contributed by atoms with Crippen molar-refractivity contribution in [2.75, 3.05) is 0 Å². The maximum Gasteiger partial charge on any atom is 0.123 e. The van der Waals surface area contributed by atoms with E-state index in [2.05, 4.69) is 6.92 Å². The van der Waals surface area contributed by atoms with Gasteiger partial charge in [-0.1, -0.05) is 6.07 Å². The Kier molecular flexibility index (Phi) is 1.65. The molecular formula is C10H9FS. The number of hydrogen-bond acceptors (Lipinski definition) is 1. The molecule has 2 aromatic rings. The average Bonchev–Trinajstić information content (AvgIpc) is 2.28. The minimum absolute atomic E-state index is 0.150. The van der Waals surface area contributed by atoms with Gasteiger partial charge < -0.3 is 0 Å². The molecular weight excluding hydrogens is 171 g/mol. The Bertz CT molecular complexity index is 429. The first-order chi connectivity index (χ1) is 5.68. The van der Waals surface area contributed by atoms with E-state index in [1.165, 1.54) is 21.2 Å². The molecule has 0 saturated heterocycles. The molecule has 2 rings (SSSR count). The molecule has 1 heterocycles. The van der Waals surface area contributed by atoms with Gasteiger partial charge in [0.05, 0.1) is 0 Å². The topological polar surface area (TPSA) is 0 Å². The van der Waals surface area contributed by atoms with Gasteiger partial charge in [-0.3, -0.25) is 0 Å². The fourth-order valence-corrected chi connectivity index (χ4v) is 2.48. The van der Waals surface area contributed by atoms with Crippen LogP contribution in [0.25, 0.3) is 10.8 Å². The van der Waals surface area contributed by atoms with Crippen LogP contribution < -0.4 is 0 Å². The lowest BCUT2D eigenvalue weighted by Gasteiger charge is -1.91. The van der Waals surface area contributed by atoms with E-state index < -0.39 is 0 Å². The van der Waals surface area contributed by atoms with Crippen LogP contribution in [0, 0.1) is 19.7 Å². The lowest BCUT2D eigenvalue weighted by Crippen LogP contribution is -1.73. The van der Waals surface area contributed by atoms with Gasteiger partial charge in [-0.25, -0.2) is 4.39 Å². The van der Waals surface area contributed by atoms with Gasteiger partial charge in [0, 0.05) is 9.75 Å². The van der Waals surface area contributed by atoms with Crippen LogP contribution in [-0.2, 0) is 0 Å². The SMILES string of the molecule is Cc1sc(C)c2cc(F)ccc12. The molecule has 0 aliphatic rings. The predicted octanol–water partition coefficient (Wildman–Crippen LogP) is 3.66. The highest BCUT2D eigenvalue weighted by Crippen LogP contribution is 2.30. The molecule has 12 heavy (non-hydrogen) atoms. The monoisotopic (exact) mass is 180 g/mol. The Labute approximate surface area is 74.6 Å². The van der Waals surface area contributed by atoms with Crippen LogP contribution in [-0.4, -0.2) is 0 Å². The highest BCUT2D eigenvalue weighted by Gasteiger charge is 2.04. The Balaban J connectivity index is 2.90. The summed E-state index contributed by atoms with van der Waals surface area (Å²) in [6.45, 7) is 4.09. The third-order valence-corrected chi connectivity index (χ3v) is 3.10. The molecule has 0 N–H and O–H groups in total. The summed E-state index contributed by atoms with van der Waals surface area (Å²) in [7, 11) is 0. The normalized spacial score (nSPS) is 10.9. The lowest BCUT2D eigenvalue weighted by molar-refractivity contribution is 0.630. The molecule has 2 heteroatoms. The quantitative estimate of drug-likeness (QED) is 0.580. The van der Waals surface area contributed by atoms with Gasteiger partial charge in [-0.2, -0.15) is 0 Å². The van der Waals surface area contributed by atoms with Crippen LogP contribution in [0.5, 0.6) is 0 Å². The molecule has 0 amide bonds. The highest BCUT2D eigenvalue weighted by atomic mass is 32.1. The molecule has 0 nitrogen and oxygen atoms in total. The number of benzene rings is 1. The van der Waals surface area contributed by atoms with Crippen molar-refractivity contribution in [1.82, 2.24) is 0 Å². The molecule has 0 aliphatic heterocycles. The van der Waals surface area contributed by atoms with Gasteiger partial charge in [0.25, 0.3) is 0 Å². The number of halogens is 1. The van der Waals surface area contributed by atoms with Crippen molar-refractivity contribution in [1.29, 1.82) is 0 Å². The Hall–Kier alpha value is -0.890. The summed E-state index contributed by atoms with van der Waals surface area (Å²) in [6, 6.07) is 4.97. The van der Waals surface area contributed by atoms with Crippen LogP contribution in [0.4, 0.5) is 4.39 Å². The number of aryl methyl sites for hydroxylation is 2. The van der Waals surface area contributed by atoms with Crippen molar-refractivity contribution in [2.24, 2.45) is 0 Å². The highest BCUT2D eigenvalue weighted by molar-refractivity contribution is 7.13. The summed E-state index contributed by atoms with van der Waals surface area (Å²) < 4.78 is 12.8. The molecule has 0 spiro atoms. The molecule has 0 bridgehead atoms. The second-order valence-corrected chi connectivity index (χ2v) is 4.33. The van der Waals surface area contributed by atoms with Gasteiger partial charge in [-0.05, 0) is 36.8 Å².